The van der Waals surface area contributed by atoms with Crippen LogP contribution in [0.3, 0.4) is 0 Å². The molecule has 3 N–H and O–H groups in total. The summed E-state index contributed by atoms with van der Waals surface area (Å²) in [7, 11) is 1.63. The Balaban J connectivity index is 1.43. The van der Waals surface area contributed by atoms with Crippen molar-refractivity contribution in [3.63, 3.8) is 0 Å². The SMILES string of the molecule is COc1ccc(Nc2cc(C)nc(Nc3ccc(NC(=O)c4cc(Cl)sc4Cl)cc3)n2)cc1. The average Bonchev–Trinajstić information content (AvgIpc) is 3.13. The molecular weight excluding hydrogens is 481 g/mol. The molecule has 0 aliphatic rings. The van der Waals surface area contributed by atoms with Crippen LogP contribution in [0.2, 0.25) is 8.67 Å². The minimum absolute atomic E-state index is 0.319. The first-order chi connectivity index (χ1) is 15.9. The molecule has 2 aromatic heterocycles. The normalized spacial score (nSPS) is 10.5. The lowest BCUT2D eigenvalue weighted by Crippen LogP contribution is -2.11. The van der Waals surface area contributed by atoms with Crippen molar-refractivity contribution < 1.29 is 9.53 Å². The van der Waals surface area contributed by atoms with Gasteiger partial charge in [0.1, 0.15) is 15.9 Å². The van der Waals surface area contributed by atoms with E-state index in [0.717, 1.165) is 34.2 Å². The van der Waals surface area contributed by atoms with Gasteiger partial charge in [-0.15, -0.1) is 11.3 Å². The predicted molar refractivity (Wildman–Crippen MR) is 135 cm³/mol. The molecular formula is C23H19Cl2N5O2S. The van der Waals surface area contributed by atoms with Crippen LogP contribution in [0.25, 0.3) is 0 Å². The number of nitrogens with one attached hydrogen (secondary N) is 3. The first kappa shape index (κ1) is 22.8. The molecule has 4 rings (SSSR count). The average molecular weight is 500 g/mol. The van der Waals surface area contributed by atoms with Crippen LogP contribution in [0, 0.1) is 6.92 Å². The van der Waals surface area contributed by atoms with E-state index >= 15 is 0 Å². The Labute approximate surface area is 204 Å². The zero-order valence-corrected chi connectivity index (χ0v) is 20.0. The van der Waals surface area contributed by atoms with Crippen molar-refractivity contribution in [2.24, 2.45) is 0 Å². The number of amides is 1. The summed E-state index contributed by atoms with van der Waals surface area (Å²) in [6.07, 6.45) is 0. The lowest BCUT2D eigenvalue weighted by atomic mass is 10.2. The van der Waals surface area contributed by atoms with E-state index in [0.29, 0.717) is 31.7 Å². The van der Waals surface area contributed by atoms with Crippen LogP contribution in [-0.2, 0) is 0 Å². The molecule has 1 amide bonds. The molecule has 0 bridgehead atoms. The van der Waals surface area contributed by atoms with Crippen molar-refractivity contribution in [3.05, 3.63) is 80.6 Å². The van der Waals surface area contributed by atoms with Gasteiger partial charge >= 0.3 is 0 Å². The minimum atomic E-state index is -0.319. The van der Waals surface area contributed by atoms with Crippen LogP contribution in [0.1, 0.15) is 16.1 Å². The standard InChI is InChI=1S/C23H19Cl2N5O2S/c1-13-11-20(27-14-7-9-17(32-2)10-8-14)30-23(26-13)29-16-5-3-15(4-6-16)28-22(31)18-12-19(24)33-21(18)25/h3-12H,1-2H3,(H,28,31)(H2,26,27,29,30). The van der Waals surface area contributed by atoms with Gasteiger partial charge in [-0.3, -0.25) is 4.79 Å². The smallest absolute Gasteiger partial charge is 0.258 e. The van der Waals surface area contributed by atoms with E-state index in [2.05, 4.69) is 25.9 Å². The van der Waals surface area contributed by atoms with Crippen LogP contribution in [0.15, 0.2) is 60.7 Å². The fourth-order valence-electron chi connectivity index (χ4n) is 2.97. The number of halogens is 2. The van der Waals surface area contributed by atoms with Gasteiger partial charge in [-0.2, -0.15) is 4.98 Å². The highest BCUT2D eigenvalue weighted by Crippen LogP contribution is 2.31. The Morgan fingerprint density at radius 2 is 1.55 bits per heavy atom. The van der Waals surface area contributed by atoms with Crippen molar-refractivity contribution in [2.45, 2.75) is 6.92 Å². The lowest BCUT2D eigenvalue weighted by molar-refractivity contribution is 0.102. The third-order valence-corrected chi connectivity index (χ3v) is 6.00. The third-order valence-electron chi connectivity index (χ3n) is 4.52. The molecule has 0 aliphatic carbocycles. The number of methoxy groups -OCH3 is 1. The van der Waals surface area contributed by atoms with Crippen molar-refractivity contribution in [1.29, 1.82) is 0 Å². The molecule has 7 nitrogen and oxygen atoms in total. The van der Waals surface area contributed by atoms with Gasteiger partial charge in [-0.1, -0.05) is 23.2 Å². The fourth-order valence-corrected chi connectivity index (χ4v) is 4.43. The molecule has 33 heavy (non-hydrogen) atoms. The molecule has 168 valence electrons. The molecule has 0 fully saturated rings. The zero-order chi connectivity index (χ0) is 23.4. The molecule has 0 atom stereocenters. The number of benzene rings is 2. The Kier molecular flexibility index (Phi) is 6.98. The number of ether oxygens (including phenoxy) is 1. The quantitative estimate of drug-likeness (QED) is 0.256. The summed E-state index contributed by atoms with van der Waals surface area (Å²) in [5.74, 6) is 1.57. The second kappa shape index (κ2) is 10.1. The molecule has 0 radical (unpaired) electrons. The molecule has 2 heterocycles. The van der Waals surface area contributed by atoms with Gasteiger partial charge in [-0.05, 0) is 61.5 Å². The maximum atomic E-state index is 12.4. The number of aryl methyl sites for hydroxylation is 1. The summed E-state index contributed by atoms with van der Waals surface area (Å²) >= 11 is 13.1. The Hall–Kier alpha value is -3.33. The molecule has 0 saturated carbocycles. The molecule has 0 saturated heterocycles. The number of nitrogens with zero attached hydrogens (tertiary/aromatic N) is 2. The third kappa shape index (κ3) is 5.92. The molecule has 2 aromatic carbocycles. The second-order valence-corrected chi connectivity index (χ2v) is 9.25. The number of aromatic nitrogens is 2. The van der Waals surface area contributed by atoms with E-state index in [-0.39, 0.29) is 5.91 Å². The fraction of sp³-hybridized carbons (Fsp3) is 0.0870. The van der Waals surface area contributed by atoms with E-state index in [1.54, 1.807) is 25.3 Å². The van der Waals surface area contributed by atoms with Gasteiger partial charge in [0.15, 0.2) is 0 Å². The summed E-state index contributed by atoms with van der Waals surface area (Å²) in [6.45, 7) is 1.90. The minimum Gasteiger partial charge on any atom is -0.497 e. The zero-order valence-electron chi connectivity index (χ0n) is 17.6. The first-order valence-corrected chi connectivity index (χ1v) is 11.4. The highest BCUT2D eigenvalue weighted by Gasteiger charge is 2.14. The van der Waals surface area contributed by atoms with Gasteiger partial charge in [-0.25, -0.2) is 4.98 Å². The summed E-state index contributed by atoms with van der Waals surface area (Å²) in [4.78, 5) is 21.4. The Morgan fingerprint density at radius 1 is 0.909 bits per heavy atom. The number of thiophene rings is 1. The molecule has 10 heteroatoms. The van der Waals surface area contributed by atoms with Crippen LogP contribution < -0.4 is 20.7 Å². The van der Waals surface area contributed by atoms with Gasteiger partial charge in [0, 0.05) is 28.8 Å². The number of carbonyl (C=O) groups excluding carboxylic acids is 1. The van der Waals surface area contributed by atoms with E-state index in [1.165, 1.54) is 0 Å². The van der Waals surface area contributed by atoms with Crippen LogP contribution in [0.4, 0.5) is 28.8 Å². The lowest BCUT2D eigenvalue weighted by Gasteiger charge is -2.11. The topological polar surface area (TPSA) is 88.2 Å². The van der Waals surface area contributed by atoms with E-state index in [1.807, 2.05) is 49.4 Å². The number of rotatable bonds is 7. The van der Waals surface area contributed by atoms with E-state index in [4.69, 9.17) is 27.9 Å². The van der Waals surface area contributed by atoms with Crippen LogP contribution in [-0.4, -0.2) is 23.0 Å². The number of anilines is 5. The highest BCUT2D eigenvalue weighted by molar-refractivity contribution is 7.20. The van der Waals surface area contributed by atoms with Gasteiger partial charge in [0.25, 0.3) is 5.91 Å². The Bertz CT molecular complexity index is 1280. The van der Waals surface area contributed by atoms with Crippen molar-refractivity contribution in [1.82, 2.24) is 9.97 Å². The monoisotopic (exact) mass is 499 g/mol. The maximum absolute atomic E-state index is 12.4. The number of hydrogen-bond acceptors (Lipinski definition) is 7. The van der Waals surface area contributed by atoms with E-state index in [9.17, 15) is 4.79 Å². The maximum Gasteiger partial charge on any atom is 0.258 e. The summed E-state index contributed by atoms with van der Waals surface area (Å²) in [5.41, 5.74) is 3.42. The molecule has 0 unspecified atom stereocenters. The van der Waals surface area contributed by atoms with Gasteiger partial charge < -0.3 is 20.7 Å². The highest BCUT2D eigenvalue weighted by atomic mass is 35.5. The largest absolute Gasteiger partial charge is 0.497 e. The first-order valence-electron chi connectivity index (χ1n) is 9.79. The van der Waals surface area contributed by atoms with Crippen LogP contribution in [0.5, 0.6) is 5.75 Å². The van der Waals surface area contributed by atoms with Crippen LogP contribution >= 0.6 is 34.5 Å². The van der Waals surface area contributed by atoms with Crippen molar-refractivity contribution in [2.75, 3.05) is 23.1 Å². The summed E-state index contributed by atoms with van der Waals surface area (Å²) in [6, 6.07) is 18.2. The number of hydrogen-bond donors (Lipinski definition) is 3. The van der Waals surface area contributed by atoms with Gasteiger partial charge in [0.05, 0.1) is 17.0 Å². The van der Waals surface area contributed by atoms with E-state index < -0.39 is 0 Å². The van der Waals surface area contributed by atoms with Crippen molar-refractivity contribution >= 4 is 69.3 Å². The summed E-state index contributed by atoms with van der Waals surface area (Å²) in [5, 5.41) is 9.25. The number of carbonyl (C=O) groups is 1. The second-order valence-electron chi connectivity index (χ2n) is 6.97. The van der Waals surface area contributed by atoms with Crippen molar-refractivity contribution in [3.8, 4) is 5.75 Å². The predicted octanol–water partition coefficient (Wildman–Crippen LogP) is 6.90. The molecule has 0 spiro atoms. The molecule has 4 aromatic rings. The summed E-state index contributed by atoms with van der Waals surface area (Å²) < 4.78 is 6.00. The van der Waals surface area contributed by atoms with Gasteiger partial charge in [0.2, 0.25) is 5.95 Å². The molecule has 0 aliphatic heterocycles. The Morgan fingerprint density at radius 3 is 2.18 bits per heavy atom.